The van der Waals surface area contributed by atoms with E-state index in [2.05, 4.69) is 20.8 Å². The fourth-order valence-corrected chi connectivity index (χ4v) is 8.55. The van der Waals surface area contributed by atoms with E-state index in [4.69, 9.17) is 5.11 Å². The van der Waals surface area contributed by atoms with E-state index in [1.807, 2.05) is 0 Å². The van der Waals surface area contributed by atoms with Gasteiger partial charge < -0.3 is 10.2 Å². The SMILES string of the molecule is CC(CCC(=O)O)C1CCC2C3CC(=O)C4CC(O)CC[C@]4(C)C3CC[C@]12C. The van der Waals surface area contributed by atoms with Gasteiger partial charge in [0.25, 0.3) is 0 Å². The monoisotopic (exact) mass is 390 g/mol. The summed E-state index contributed by atoms with van der Waals surface area (Å²) < 4.78 is 0. The van der Waals surface area contributed by atoms with Crippen molar-refractivity contribution >= 4 is 11.8 Å². The Morgan fingerprint density at radius 2 is 1.79 bits per heavy atom. The van der Waals surface area contributed by atoms with Crippen LogP contribution in [0.2, 0.25) is 0 Å². The second-order valence-electron chi connectivity index (χ2n) is 11.2. The first-order chi connectivity index (χ1) is 13.2. The molecule has 0 aliphatic heterocycles. The van der Waals surface area contributed by atoms with Crippen LogP contribution in [0.5, 0.6) is 0 Å². The fourth-order valence-electron chi connectivity index (χ4n) is 8.55. The van der Waals surface area contributed by atoms with E-state index in [-0.39, 0.29) is 29.3 Å². The molecular formula is C24H38O4. The molecule has 4 aliphatic rings. The summed E-state index contributed by atoms with van der Waals surface area (Å²) in [6.45, 7) is 7.05. The summed E-state index contributed by atoms with van der Waals surface area (Å²) in [5.41, 5.74) is 0.338. The first kappa shape index (κ1) is 20.4. The highest BCUT2D eigenvalue weighted by atomic mass is 16.4. The van der Waals surface area contributed by atoms with Gasteiger partial charge in [0, 0.05) is 18.8 Å². The van der Waals surface area contributed by atoms with Crippen LogP contribution in [0.15, 0.2) is 0 Å². The lowest BCUT2D eigenvalue weighted by atomic mass is 9.44. The van der Waals surface area contributed by atoms with Crippen LogP contribution in [0.4, 0.5) is 0 Å². The predicted octanol–water partition coefficient (Wildman–Crippen LogP) is 4.69. The van der Waals surface area contributed by atoms with Gasteiger partial charge >= 0.3 is 5.97 Å². The summed E-state index contributed by atoms with van der Waals surface area (Å²) in [6.07, 6.45) is 8.80. The predicted molar refractivity (Wildman–Crippen MR) is 108 cm³/mol. The molecule has 4 heteroatoms. The molecule has 0 aromatic heterocycles. The zero-order valence-corrected chi connectivity index (χ0v) is 17.8. The van der Waals surface area contributed by atoms with Crippen molar-refractivity contribution in [2.75, 3.05) is 0 Å². The Balaban J connectivity index is 1.55. The van der Waals surface area contributed by atoms with Crippen molar-refractivity contribution in [3.63, 3.8) is 0 Å². The van der Waals surface area contributed by atoms with Crippen molar-refractivity contribution in [3.05, 3.63) is 0 Å². The van der Waals surface area contributed by atoms with Gasteiger partial charge in [-0.1, -0.05) is 20.8 Å². The van der Waals surface area contributed by atoms with Gasteiger partial charge in [-0.15, -0.1) is 0 Å². The Labute approximate surface area is 169 Å². The number of carboxylic acids is 1. The van der Waals surface area contributed by atoms with Crippen molar-refractivity contribution in [1.29, 1.82) is 0 Å². The Kier molecular flexibility index (Phi) is 5.17. The number of Topliss-reactive ketones (excluding diaryl/α,β-unsaturated/α-hetero) is 1. The minimum Gasteiger partial charge on any atom is -0.481 e. The van der Waals surface area contributed by atoms with Crippen LogP contribution < -0.4 is 0 Å². The highest BCUT2D eigenvalue weighted by Crippen LogP contribution is 2.67. The van der Waals surface area contributed by atoms with Gasteiger partial charge in [0.15, 0.2) is 0 Å². The smallest absolute Gasteiger partial charge is 0.303 e. The van der Waals surface area contributed by atoms with Crippen LogP contribution in [0, 0.1) is 46.3 Å². The molecule has 0 aromatic carbocycles. The zero-order chi connectivity index (χ0) is 20.3. The minimum atomic E-state index is -0.688. The van der Waals surface area contributed by atoms with Crippen LogP contribution in [-0.2, 0) is 9.59 Å². The molecule has 0 radical (unpaired) electrons. The minimum absolute atomic E-state index is 0.0635. The van der Waals surface area contributed by atoms with Gasteiger partial charge in [-0.25, -0.2) is 0 Å². The lowest BCUT2D eigenvalue weighted by Crippen LogP contribution is -2.57. The second-order valence-corrected chi connectivity index (χ2v) is 11.2. The van der Waals surface area contributed by atoms with Crippen LogP contribution in [-0.4, -0.2) is 28.1 Å². The van der Waals surface area contributed by atoms with E-state index in [1.165, 1.54) is 25.7 Å². The van der Waals surface area contributed by atoms with Crippen LogP contribution >= 0.6 is 0 Å². The standard InChI is InChI=1S/C24H38O4/c1-14(4-7-22(27)28)17-5-6-18-16-13-21(26)20-12-15(25)8-10-24(20,3)19(16)9-11-23(17,18)2/h14-20,25H,4-13H2,1-3H3,(H,27,28)/t14?,15?,16?,17?,18?,19?,20?,23-,24-/m1/s1. The highest BCUT2D eigenvalue weighted by Gasteiger charge is 2.62. The molecule has 28 heavy (non-hydrogen) atoms. The van der Waals surface area contributed by atoms with Gasteiger partial charge in [0.2, 0.25) is 0 Å². The van der Waals surface area contributed by atoms with Gasteiger partial charge in [0.1, 0.15) is 5.78 Å². The van der Waals surface area contributed by atoms with E-state index < -0.39 is 5.97 Å². The summed E-state index contributed by atoms with van der Waals surface area (Å²) in [5, 5.41) is 19.2. The first-order valence-electron chi connectivity index (χ1n) is 11.6. The third kappa shape index (κ3) is 3.05. The Morgan fingerprint density at radius 1 is 1.11 bits per heavy atom. The summed E-state index contributed by atoms with van der Waals surface area (Å²) in [6, 6.07) is 0. The van der Waals surface area contributed by atoms with Gasteiger partial charge in [-0.3, -0.25) is 9.59 Å². The molecule has 9 atom stereocenters. The number of carbonyl (C=O) groups is 2. The molecule has 0 saturated heterocycles. The molecule has 7 unspecified atom stereocenters. The Bertz CT molecular complexity index is 645. The lowest BCUT2D eigenvalue weighted by molar-refractivity contribution is -0.160. The van der Waals surface area contributed by atoms with Crippen molar-refractivity contribution in [3.8, 4) is 0 Å². The van der Waals surface area contributed by atoms with Gasteiger partial charge in [0.05, 0.1) is 6.10 Å². The number of aliphatic carboxylic acids is 1. The molecular weight excluding hydrogens is 352 g/mol. The van der Waals surface area contributed by atoms with Crippen LogP contribution in [0.1, 0.15) is 85.0 Å². The van der Waals surface area contributed by atoms with E-state index in [0.717, 1.165) is 19.3 Å². The molecule has 0 bridgehead atoms. The molecule has 4 aliphatic carbocycles. The number of fused-ring (bicyclic) bond motifs is 5. The summed E-state index contributed by atoms with van der Waals surface area (Å²) in [7, 11) is 0. The average Bonchev–Trinajstić information content (AvgIpc) is 2.99. The number of hydrogen-bond acceptors (Lipinski definition) is 3. The maximum absolute atomic E-state index is 13.1. The number of ketones is 1. The summed E-state index contributed by atoms with van der Waals surface area (Å²) in [4.78, 5) is 24.2. The van der Waals surface area contributed by atoms with Crippen LogP contribution in [0.3, 0.4) is 0 Å². The first-order valence-corrected chi connectivity index (χ1v) is 11.6. The topological polar surface area (TPSA) is 74.6 Å². The molecule has 0 aromatic rings. The number of carboxylic acid groups (broad SMARTS) is 1. The largest absolute Gasteiger partial charge is 0.481 e. The molecule has 2 N–H and O–H groups in total. The summed E-state index contributed by atoms with van der Waals surface area (Å²) >= 11 is 0. The number of aliphatic hydroxyl groups is 1. The third-order valence-electron chi connectivity index (χ3n) is 10.0. The van der Waals surface area contributed by atoms with E-state index >= 15 is 0 Å². The van der Waals surface area contributed by atoms with Crippen LogP contribution in [0.25, 0.3) is 0 Å². The van der Waals surface area contributed by atoms with Gasteiger partial charge in [-0.05, 0) is 91.8 Å². The van der Waals surface area contributed by atoms with Crippen molar-refractivity contribution in [2.45, 2.75) is 91.1 Å². The van der Waals surface area contributed by atoms with E-state index in [1.54, 1.807) is 0 Å². The number of rotatable bonds is 4. The van der Waals surface area contributed by atoms with Crippen molar-refractivity contribution in [2.24, 2.45) is 46.3 Å². The number of carbonyl (C=O) groups excluding carboxylic acids is 1. The highest BCUT2D eigenvalue weighted by molar-refractivity contribution is 5.83. The molecule has 4 saturated carbocycles. The normalized spacial score (nSPS) is 49.1. The van der Waals surface area contributed by atoms with Gasteiger partial charge in [-0.2, -0.15) is 0 Å². The van der Waals surface area contributed by atoms with E-state index in [9.17, 15) is 14.7 Å². The molecule has 0 spiro atoms. The number of hydrogen-bond donors (Lipinski definition) is 2. The van der Waals surface area contributed by atoms with Crippen molar-refractivity contribution in [1.82, 2.24) is 0 Å². The third-order valence-corrected chi connectivity index (χ3v) is 10.0. The zero-order valence-electron chi connectivity index (χ0n) is 17.8. The Hall–Kier alpha value is -0.900. The molecule has 4 rings (SSSR count). The lowest BCUT2D eigenvalue weighted by Gasteiger charge is -2.60. The average molecular weight is 391 g/mol. The van der Waals surface area contributed by atoms with Crippen molar-refractivity contribution < 1.29 is 19.8 Å². The second kappa shape index (κ2) is 7.11. The van der Waals surface area contributed by atoms with E-state index in [0.29, 0.717) is 48.2 Å². The Morgan fingerprint density at radius 3 is 2.50 bits per heavy atom. The molecule has 4 nitrogen and oxygen atoms in total. The molecule has 158 valence electrons. The molecule has 4 fully saturated rings. The summed E-state index contributed by atoms with van der Waals surface area (Å²) in [5.74, 6) is 2.54. The quantitative estimate of drug-likeness (QED) is 0.730. The molecule has 0 heterocycles. The maximum atomic E-state index is 13.1. The molecule has 0 amide bonds. The fraction of sp³-hybridized carbons (Fsp3) is 0.917. The number of aliphatic hydroxyl groups excluding tert-OH is 1. The maximum Gasteiger partial charge on any atom is 0.303 e.